The van der Waals surface area contributed by atoms with Gasteiger partial charge in [0.2, 0.25) is 0 Å². The van der Waals surface area contributed by atoms with Crippen LogP contribution < -0.4 is 0 Å². The minimum Gasteiger partial charge on any atom is -0.310 e. The van der Waals surface area contributed by atoms with Gasteiger partial charge in [-0.25, -0.2) is 0 Å². The van der Waals surface area contributed by atoms with Crippen molar-refractivity contribution in [1.29, 1.82) is 0 Å². The highest BCUT2D eigenvalue weighted by Crippen LogP contribution is 2.51. The van der Waals surface area contributed by atoms with Crippen molar-refractivity contribution in [2.75, 3.05) is 0 Å². The second-order valence-corrected chi connectivity index (χ2v) is 7.32. The lowest BCUT2D eigenvalue weighted by atomic mass is 9.93. The van der Waals surface area contributed by atoms with E-state index in [2.05, 4.69) is 101 Å². The number of hydrogen-bond acceptors (Lipinski definition) is 3. The summed E-state index contributed by atoms with van der Waals surface area (Å²) >= 11 is 1.73. The SMILES string of the molecule is C1=C(c2ccccc2)N2C(=NC(c3ccccc3)C2c2ccccc2)S1. The zero-order valence-electron chi connectivity index (χ0n) is 14.2. The van der Waals surface area contributed by atoms with Crippen molar-refractivity contribution < 1.29 is 0 Å². The number of amidine groups is 1. The Balaban J connectivity index is 1.62. The lowest BCUT2D eigenvalue weighted by molar-refractivity contribution is 0.416. The lowest BCUT2D eigenvalue weighted by Gasteiger charge is -2.30. The predicted octanol–water partition coefficient (Wildman–Crippen LogP) is 5.89. The summed E-state index contributed by atoms with van der Waals surface area (Å²) in [5.41, 5.74) is 5.03. The van der Waals surface area contributed by atoms with Crippen LogP contribution in [-0.4, -0.2) is 10.1 Å². The van der Waals surface area contributed by atoms with Crippen LogP contribution in [0.2, 0.25) is 0 Å². The third-order valence-corrected chi connectivity index (χ3v) is 5.77. The first-order chi connectivity index (χ1) is 12.9. The van der Waals surface area contributed by atoms with Gasteiger partial charge in [-0.1, -0.05) is 103 Å². The molecule has 3 heteroatoms. The smallest absolute Gasteiger partial charge is 0.169 e. The summed E-state index contributed by atoms with van der Waals surface area (Å²) in [5, 5.41) is 3.32. The van der Waals surface area contributed by atoms with Crippen LogP contribution in [0.3, 0.4) is 0 Å². The average molecular weight is 354 g/mol. The Morgan fingerprint density at radius 3 is 1.92 bits per heavy atom. The van der Waals surface area contributed by atoms with Crippen LogP contribution in [-0.2, 0) is 0 Å². The first-order valence-electron chi connectivity index (χ1n) is 8.81. The quantitative estimate of drug-likeness (QED) is 0.583. The molecular formula is C23H18N2S. The summed E-state index contributed by atoms with van der Waals surface area (Å²) in [6.07, 6.45) is 0. The molecule has 26 heavy (non-hydrogen) atoms. The largest absolute Gasteiger partial charge is 0.310 e. The van der Waals surface area contributed by atoms with E-state index in [0.717, 1.165) is 5.17 Å². The fourth-order valence-electron chi connectivity index (χ4n) is 3.72. The zero-order valence-corrected chi connectivity index (χ0v) is 15.0. The van der Waals surface area contributed by atoms with E-state index in [1.807, 2.05) is 0 Å². The molecule has 3 aromatic rings. The monoisotopic (exact) mass is 354 g/mol. The molecule has 0 spiro atoms. The van der Waals surface area contributed by atoms with Crippen LogP contribution in [0.1, 0.15) is 28.8 Å². The van der Waals surface area contributed by atoms with Crippen molar-refractivity contribution in [3.63, 3.8) is 0 Å². The maximum Gasteiger partial charge on any atom is 0.169 e. The third-order valence-electron chi connectivity index (χ3n) is 4.92. The molecule has 2 heterocycles. The molecule has 0 amide bonds. The van der Waals surface area contributed by atoms with Crippen LogP contribution in [0.4, 0.5) is 0 Å². The van der Waals surface area contributed by atoms with Crippen LogP contribution in [0.25, 0.3) is 5.70 Å². The Kier molecular flexibility index (Phi) is 3.87. The number of aliphatic imine (C=N–C) groups is 1. The average Bonchev–Trinajstić information content (AvgIpc) is 3.29. The number of rotatable bonds is 3. The third kappa shape index (κ3) is 2.56. The van der Waals surface area contributed by atoms with Gasteiger partial charge in [-0.15, -0.1) is 0 Å². The highest BCUT2D eigenvalue weighted by Gasteiger charge is 2.42. The van der Waals surface area contributed by atoms with Gasteiger partial charge in [-0.05, 0) is 16.7 Å². The van der Waals surface area contributed by atoms with E-state index < -0.39 is 0 Å². The van der Waals surface area contributed by atoms with E-state index in [1.54, 1.807) is 11.8 Å². The van der Waals surface area contributed by atoms with Crippen LogP contribution >= 0.6 is 11.8 Å². The van der Waals surface area contributed by atoms with E-state index in [1.165, 1.54) is 22.4 Å². The fourth-order valence-corrected chi connectivity index (χ4v) is 4.69. The van der Waals surface area contributed by atoms with Gasteiger partial charge in [-0.2, -0.15) is 0 Å². The van der Waals surface area contributed by atoms with Gasteiger partial charge in [0, 0.05) is 5.41 Å². The Bertz CT molecular complexity index is 965. The first-order valence-corrected chi connectivity index (χ1v) is 9.69. The molecule has 0 radical (unpaired) electrons. The molecule has 0 aliphatic carbocycles. The minimum atomic E-state index is 0.105. The lowest BCUT2D eigenvalue weighted by Crippen LogP contribution is -2.26. The normalized spacial score (nSPS) is 21.3. The van der Waals surface area contributed by atoms with E-state index >= 15 is 0 Å². The van der Waals surface area contributed by atoms with Gasteiger partial charge < -0.3 is 4.90 Å². The van der Waals surface area contributed by atoms with E-state index in [0.29, 0.717) is 0 Å². The van der Waals surface area contributed by atoms with Gasteiger partial charge in [0.25, 0.3) is 0 Å². The molecule has 0 aromatic heterocycles. The highest BCUT2D eigenvalue weighted by atomic mass is 32.2. The molecule has 0 bridgehead atoms. The van der Waals surface area contributed by atoms with Crippen LogP contribution in [0.15, 0.2) is 101 Å². The van der Waals surface area contributed by atoms with Gasteiger partial charge >= 0.3 is 0 Å². The fraction of sp³-hybridized carbons (Fsp3) is 0.0870. The van der Waals surface area contributed by atoms with Crippen molar-refractivity contribution in [2.45, 2.75) is 12.1 Å². The second-order valence-electron chi connectivity index (χ2n) is 6.48. The molecule has 0 N–H and O–H groups in total. The molecule has 2 aliphatic heterocycles. The standard InChI is InChI=1S/C23H18N2S/c1-4-10-17(11-5-1)20-16-26-23-24-21(18-12-6-2-7-13-18)22(25(20)23)19-14-8-3-9-15-19/h1-16,21-22H. The Labute approximate surface area is 157 Å². The predicted molar refractivity (Wildman–Crippen MR) is 110 cm³/mol. The number of hydrogen-bond donors (Lipinski definition) is 0. The van der Waals surface area contributed by atoms with Crippen molar-refractivity contribution in [2.24, 2.45) is 4.99 Å². The summed E-state index contributed by atoms with van der Waals surface area (Å²) in [4.78, 5) is 7.52. The maximum absolute atomic E-state index is 5.11. The Morgan fingerprint density at radius 1 is 0.692 bits per heavy atom. The number of fused-ring (bicyclic) bond motifs is 1. The van der Waals surface area contributed by atoms with Crippen molar-refractivity contribution in [3.8, 4) is 0 Å². The molecule has 2 nitrogen and oxygen atoms in total. The van der Waals surface area contributed by atoms with Gasteiger partial charge in [0.1, 0.15) is 6.04 Å². The van der Waals surface area contributed by atoms with Crippen molar-refractivity contribution >= 4 is 22.6 Å². The molecular weight excluding hydrogens is 336 g/mol. The number of benzene rings is 3. The summed E-state index contributed by atoms with van der Waals surface area (Å²) in [5.74, 6) is 0. The Morgan fingerprint density at radius 2 is 1.27 bits per heavy atom. The van der Waals surface area contributed by atoms with Crippen molar-refractivity contribution in [3.05, 3.63) is 113 Å². The van der Waals surface area contributed by atoms with Gasteiger partial charge in [-0.3, -0.25) is 4.99 Å². The molecule has 126 valence electrons. The van der Waals surface area contributed by atoms with Gasteiger partial charge in [0.05, 0.1) is 11.7 Å². The molecule has 0 saturated carbocycles. The first kappa shape index (κ1) is 15.5. The molecule has 0 saturated heterocycles. The summed E-state index contributed by atoms with van der Waals surface area (Å²) in [6, 6.07) is 32.2. The molecule has 2 atom stereocenters. The second kappa shape index (κ2) is 6.50. The summed E-state index contributed by atoms with van der Waals surface area (Å²) in [7, 11) is 0. The zero-order chi connectivity index (χ0) is 17.3. The van der Waals surface area contributed by atoms with Gasteiger partial charge in [0.15, 0.2) is 5.17 Å². The van der Waals surface area contributed by atoms with Crippen molar-refractivity contribution in [1.82, 2.24) is 4.90 Å². The Hall–Kier alpha value is -2.78. The topological polar surface area (TPSA) is 15.6 Å². The van der Waals surface area contributed by atoms with Crippen LogP contribution in [0, 0.1) is 0 Å². The van der Waals surface area contributed by atoms with E-state index in [9.17, 15) is 0 Å². The summed E-state index contributed by atoms with van der Waals surface area (Å²) in [6.45, 7) is 0. The minimum absolute atomic E-state index is 0.105. The maximum atomic E-state index is 5.11. The molecule has 3 aromatic carbocycles. The molecule has 2 aliphatic rings. The van der Waals surface area contributed by atoms with E-state index in [4.69, 9.17) is 4.99 Å². The van der Waals surface area contributed by atoms with E-state index in [-0.39, 0.29) is 12.1 Å². The molecule has 0 fully saturated rings. The summed E-state index contributed by atoms with van der Waals surface area (Å²) < 4.78 is 0. The molecule has 5 rings (SSSR count). The van der Waals surface area contributed by atoms with Crippen LogP contribution in [0.5, 0.6) is 0 Å². The number of nitrogens with zero attached hydrogens (tertiary/aromatic N) is 2. The molecule has 2 unspecified atom stereocenters. The highest BCUT2D eigenvalue weighted by molar-refractivity contribution is 8.16. The number of thioether (sulfide) groups is 1.